The van der Waals surface area contributed by atoms with E-state index in [9.17, 15) is 18.0 Å². The standard InChI is InChI=1S/C15H21N5O4S/c1-15(2,3)18-12(21)7-19-9-16-13-11(14(19)22)6-17-20(13)10-4-5-25(23,24)8-10/h6,9-10H,4-5,7-8H2,1-3H3,(H,18,21)/t10-/m1/s1. The molecule has 0 bridgehead atoms. The Labute approximate surface area is 145 Å². The average molecular weight is 367 g/mol. The third kappa shape index (κ3) is 3.73. The normalized spacial score (nSPS) is 20.0. The van der Waals surface area contributed by atoms with Crippen LogP contribution in [0.25, 0.3) is 11.0 Å². The maximum atomic E-state index is 12.6. The number of carbonyl (C=O) groups excluding carboxylic acids is 1. The van der Waals surface area contributed by atoms with E-state index < -0.39 is 15.4 Å². The lowest BCUT2D eigenvalue weighted by Gasteiger charge is -2.20. The molecule has 1 aliphatic heterocycles. The highest BCUT2D eigenvalue weighted by molar-refractivity contribution is 7.91. The number of sulfone groups is 1. The van der Waals surface area contributed by atoms with Crippen molar-refractivity contribution in [1.29, 1.82) is 0 Å². The average Bonchev–Trinajstić information content (AvgIpc) is 3.03. The molecule has 1 amide bonds. The van der Waals surface area contributed by atoms with E-state index in [1.165, 1.54) is 21.8 Å². The minimum absolute atomic E-state index is 0.00251. The van der Waals surface area contributed by atoms with E-state index in [2.05, 4.69) is 15.4 Å². The maximum Gasteiger partial charge on any atom is 0.264 e. The summed E-state index contributed by atoms with van der Waals surface area (Å²) < 4.78 is 26.0. The Hall–Kier alpha value is -2.23. The Bertz CT molecular complexity index is 983. The van der Waals surface area contributed by atoms with Crippen molar-refractivity contribution in [2.75, 3.05) is 11.5 Å². The summed E-state index contributed by atoms with van der Waals surface area (Å²) in [7, 11) is -3.07. The van der Waals surface area contributed by atoms with Crippen LogP contribution in [0.4, 0.5) is 0 Å². The Kier molecular flexibility index (Phi) is 4.18. The van der Waals surface area contributed by atoms with Gasteiger partial charge in [0.2, 0.25) is 5.91 Å². The van der Waals surface area contributed by atoms with Gasteiger partial charge in [-0.25, -0.2) is 18.1 Å². The second-order valence-electron chi connectivity index (χ2n) is 7.36. The second kappa shape index (κ2) is 5.94. The second-order valence-corrected chi connectivity index (χ2v) is 9.59. The molecular weight excluding hydrogens is 346 g/mol. The minimum atomic E-state index is -3.07. The van der Waals surface area contributed by atoms with Crippen LogP contribution in [0.15, 0.2) is 17.3 Å². The predicted molar refractivity (Wildman–Crippen MR) is 92.0 cm³/mol. The molecule has 25 heavy (non-hydrogen) atoms. The Morgan fingerprint density at radius 2 is 2.12 bits per heavy atom. The van der Waals surface area contributed by atoms with E-state index in [4.69, 9.17) is 0 Å². The molecule has 3 heterocycles. The number of nitrogens with zero attached hydrogens (tertiary/aromatic N) is 4. The first-order chi connectivity index (χ1) is 11.6. The molecule has 1 N–H and O–H groups in total. The van der Waals surface area contributed by atoms with E-state index in [-0.39, 0.29) is 40.9 Å². The van der Waals surface area contributed by atoms with Gasteiger partial charge in [0.1, 0.15) is 18.3 Å². The first-order valence-electron chi connectivity index (χ1n) is 8.00. The lowest BCUT2D eigenvalue weighted by Crippen LogP contribution is -2.43. The SMILES string of the molecule is CC(C)(C)NC(=O)Cn1cnc2c(cnn2[C@@H]2CCS(=O)(=O)C2)c1=O. The van der Waals surface area contributed by atoms with E-state index in [1.54, 1.807) is 0 Å². The zero-order valence-electron chi connectivity index (χ0n) is 14.4. The molecule has 0 spiro atoms. The molecule has 1 aliphatic rings. The van der Waals surface area contributed by atoms with Crippen molar-refractivity contribution in [2.45, 2.75) is 45.3 Å². The summed E-state index contributed by atoms with van der Waals surface area (Å²) in [6.45, 7) is 5.43. The molecule has 3 rings (SSSR count). The lowest BCUT2D eigenvalue weighted by atomic mass is 10.1. The first-order valence-corrected chi connectivity index (χ1v) is 9.82. The molecule has 1 atom stereocenters. The van der Waals surface area contributed by atoms with Gasteiger partial charge in [0, 0.05) is 5.54 Å². The smallest absolute Gasteiger partial charge is 0.264 e. The van der Waals surface area contributed by atoms with Crippen molar-refractivity contribution in [2.24, 2.45) is 0 Å². The van der Waals surface area contributed by atoms with Crippen molar-refractivity contribution < 1.29 is 13.2 Å². The van der Waals surface area contributed by atoms with E-state index in [1.807, 2.05) is 20.8 Å². The van der Waals surface area contributed by atoms with Gasteiger partial charge in [-0.15, -0.1) is 0 Å². The molecule has 0 radical (unpaired) electrons. The fourth-order valence-corrected chi connectivity index (χ4v) is 4.62. The zero-order valence-corrected chi connectivity index (χ0v) is 15.2. The lowest BCUT2D eigenvalue weighted by molar-refractivity contribution is -0.123. The van der Waals surface area contributed by atoms with Gasteiger partial charge in [-0.1, -0.05) is 0 Å². The Balaban J connectivity index is 1.90. The fourth-order valence-electron chi connectivity index (χ4n) is 2.93. The van der Waals surface area contributed by atoms with Crippen LogP contribution >= 0.6 is 0 Å². The van der Waals surface area contributed by atoms with Crippen LogP contribution < -0.4 is 10.9 Å². The van der Waals surface area contributed by atoms with Crippen molar-refractivity contribution in [3.63, 3.8) is 0 Å². The van der Waals surface area contributed by atoms with Crippen LogP contribution in [0.2, 0.25) is 0 Å². The van der Waals surface area contributed by atoms with Crippen molar-refractivity contribution >= 4 is 26.8 Å². The highest BCUT2D eigenvalue weighted by Gasteiger charge is 2.31. The molecular formula is C15H21N5O4S. The molecule has 2 aromatic rings. The van der Waals surface area contributed by atoms with Gasteiger partial charge in [0.25, 0.3) is 5.56 Å². The number of hydrogen-bond donors (Lipinski definition) is 1. The van der Waals surface area contributed by atoms with Crippen LogP contribution in [-0.4, -0.2) is 50.7 Å². The highest BCUT2D eigenvalue weighted by Crippen LogP contribution is 2.25. The Morgan fingerprint density at radius 1 is 1.40 bits per heavy atom. The zero-order chi connectivity index (χ0) is 18.4. The summed E-state index contributed by atoms with van der Waals surface area (Å²) in [4.78, 5) is 28.8. The summed E-state index contributed by atoms with van der Waals surface area (Å²) in [5, 5.41) is 7.22. The summed E-state index contributed by atoms with van der Waals surface area (Å²) in [5.74, 6) is -0.170. The molecule has 1 saturated heterocycles. The van der Waals surface area contributed by atoms with Crippen molar-refractivity contribution in [3.05, 3.63) is 22.9 Å². The number of carbonyl (C=O) groups is 1. The van der Waals surface area contributed by atoms with Gasteiger partial charge < -0.3 is 5.32 Å². The monoisotopic (exact) mass is 367 g/mol. The number of nitrogens with one attached hydrogen (secondary N) is 1. The molecule has 0 aromatic carbocycles. The predicted octanol–water partition coefficient (Wildman–Crippen LogP) is -0.133. The topological polar surface area (TPSA) is 116 Å². The molecule has 9 nitrogen and oxygen atoms in total. The van der Waals surface area contributed by atoms with Gasteiger partial charge in [-0.3, -0.25) is 14.2 Å². The summed E-state index contributed by atoms with van der Waals surface area (Å²) in [6.07, 6.45) is 3.14. The van der Waals surface area contributed by atoms with Gasteiger partial charge in [-0.2, -0.15) is 5.10 Å². The van der Waals surface area contributed by atoms with E-state index >= 15 is 0 Å². The third-order valence-electron chi connectivity index (χ3n) is 3.96. The minimum Gasteiger partial charge on any atom is -0.350 e. The summed E-state index contributed by atoms with van der Waals surface area (Å²) in [6, 6.07) is -0.311. The number of aromatic nitrogens is 4. The third-order valence-corrected chi connectivity index (χ3v) is 5.71. The number of hydrogen-bond acceptors (Lipinski definition) is 6. The molecule has 0 unspecified atom stereocenters. The molecule has 10 heteroatoms. The van der Waals surface area contributed by atoms with Crippen LogP contribution in [0.5, 0.6) is 0 Å². The first kappa shape index (κ1) is 17.6. The number of amides is 1. The largest absolute Gasteiger partial charge is 0.350 e. The van der Waals surface area contributed by atoms with Crippen LogP contribution in [0.1, 0.15) is 33.2 Å². The fraction of sp³-hybridized carbons (Fsp3) is 0.600. The molecule has 0 aliphatic carbocycles. The maximum absolute atomic E-state index is 12.6. The van der Waals surface area contributed by atoms with Gasteiger partial charge in [0.15, 0.2) is 15.5 Å². The molecule has 0 saturated carbocycles. The molecule has 2 aromatic heterocycles. The van der Waals surface area contributed by atoms with Crippen LogP contribution in [0, 0.1) is 0 Å². The molecule has 136 valence electrons. The molecule has 1 fully saturated rings. The van der Waals surface area contributed by atoms with E-state index in [0.717, 1.165) is 0 Å². The van der Waals surface area contributed by atoms with Crippen LogP contribution in [0.3, 0.4) is 0 Å². The van der Waals surface area contributed by atoms with E-state index in [0.29, 0.717) is 12.1 Å². The Morgan fingerprint density at radius 3 is 2.72 bits per heavy atom. The summed E-state index contributed by atoms with van der Waals surface area (Å²) >= 11 is 0. The summed E-state index contributed by atoms with van der Waals surface area (Å²) in [5.41, 5.74) is -0.419. The quantitative estimate of drug-likeness (QED) is 0.808. The van der Waals surface area contributed by atoms with Crippen molar-refractivity contribution in [1.82, 2.24) is 24.6 Å². The van der Waals surface area contributed by atoms with Gasteiger partial charge in [-0.05, 0) is 27.2 Å². The van der Waals surface area contributed by atoms with Crippen molar-refractivity contribution in [3.8, 4) is 0 Å². The van der Waals surface area contributed by atoms with Gasteiger partial charge in [0.05, 0.1) is 23.7 Å². The highest BCUT2D eigenvalue weighted by atomic mass is 32.2. The van der Waals surface area contributed by atoms with Gasteiger partial charge >= 0.3 is 0 Å². The number of rotatable bonds is 3. The number of fused-ring (bicyclic) bond motifs is 1. The van der Waals surface area contributed by atoms with Crippen LogP contribution in [-0.2, 0) is 21.2 Å².